The summed E-state index contributed by atoms with van der Waals surface area (Å²) in [4.78, 5) is 15.9. The second-order valence-electron chi connectivity index (χ2n) is 19.8. The van der Waals surface area contributed by atoms with Crippen LogP contribution in [-0.2, 0) is 17.3 Å². The largest absolute Gasteiger partial charge is 0.313 e. The van der Waals surface area contributed by atoms with Crippen molar-refractivity contribution in [3.05, 3.63) is 192 Å². The van der Waals surface area contributed by atoms with Crippen LogP contribution < -0.4 is 0 Å². The first-order valence-corrected chi connectivity index (χ1v) is 23.4. The molecule has 3 aliphatic carbocycles. The number of fused-ring (bicyclic) bond motifs is 7. The van der Waals surface area contributed by atoms with E-state index < -0.39 is 0 Å². The lowest BCUT2D eigenvalue weighted by atomic mass is 9.58. The van der Waals surface area contributed by atoms with Crippen molar-refractivity contribution in [2.75, 3.05) is 0 Å². The molecule has 0 fully saturated rings. The number of nitrogens with zero attached hydrogens (tertiary/aromatic N) is 5. The van der Waals surface area contributed by atoms with Gasteiger partial charge in [0, 0.05) is 44.6 Å². The molecule has 0 bridgehead atoms. The molecular weight excluding hydrogens is 791 g/mol. The lowest BCUT2D eigenvalue weighted by Crippen LogP contribution is -2.40. The van der Waals surface area contributed by atoms with E-state index in [9.17, 15) is 0 Å². The molecule has 65 heavy (non-hydrogen) atoms. The molecule has 2 unspecified atom stereocenters. The molecule has 0 radical (unpaired) electrons. The van der Waals surface area contributed by atoms with Gasteiger partial charge in [0.1, 0.15) is 5.82 Å². The van der Waals surface area contributed by atoms with Gasteiger partial charge in [-0.25, -0.2) is 4.98 Å². The third-order valence-electron chi connectivity index (χ3n) is 15.1. The van der Waals surface area contributed by atoms with E-state index in [1.54, 1.807) is 0 Å². The van der Waals surface area contributed by atoms with Crippen molar-refractivity contribution < 1.29 is 0 Å². The van der Waals surface area contributed by atoms with Gasteiger partial charge in [-0.05, 0) is 106 Å². The summed E-state index contributed by atoms with van der Waals surface area (Å²) in [5.74, 6) is 2.73. The highest BCUT2D eigenvalue weighted by Crippen LogP contribution is 2.50. The maximum absolute atomic E-state index is 5.35. The van der Waals surface area contributed by atoms with Crippen LogP contribution in [0.15, 0.2) is 164 Å². The molecule has 2 atom stereocenters. The molecule has 0 aliphatic heterocycles. The van der Waals surface area contributed by atoms with Gasteiger partial charge in [-0.3, -0.25) is 4.57 Å². The molecule has 0 N–H and O–H groups in total. The molecule has 0 saturated heterocycles. The summed E-state index contributed by atoms with van der Waals surface area (Å²) < 4.78 is 4.81. The summed E-state index contributed by atoms with van der Waals surface area (Å²) >= 11 is 0. The highest BCUT2D eigenvalue weighted by molar-refractivity contribution is 6.14. The van der Waals surface area contributed by atoms with Crippen molar-refractivity contribution in [2.45, 2.75) is 77.0 Å². The number of benzene rings is 6. The summed E-state index contributed by atoms with van der Waals surface area (Å²) in [6, 6.07) is 49.1. The smallest absolute Gasteiger partial charge is 0.238 e. The van der Waals surface area contributed by atoms with E-state index >= 15 is 0 Å². The van der Waals surface area contributed by atoms with Crippen LogP contribution in [0.1, 0.15) is 88.0 Å². The van der Waals surface area contributed by atoms with Crippen LogP contribution in [-0.4, -0.2) is 24.1 Å². The quantitative estimate of drug-likeness (QED) is 0.168. The Bertz CT molecular complexity index is 3450. The average molecular weight is 844 g/mol. The normalized spacial score (nSPS) is 18.4. The van der Waals surface area contributed by atoms with Crippen molar-refractivity contribution in [3.63, 3.8) is 0 Å². The van der Waals surface area contributed by atoms with Gasteiger partial charge in [0.2, 0.25) is 5.95 Å². The number of para-hydroxylation sites is 1. The van der Waals surface area contributed by atoms with Crippen LogP contribution >= 0.6 is 0 Å². The van der Waals surface area contributed by atoms with Gasteiger partial charge in [0.05, 0.1) is 16.6 Å². The topological polar surface area (TPSA) is 48.5 Å². The van der Waals surface area contributed by atoms with Crippen molar-refractivity contribution in [2.24, 2.45) is 5.92 Å². The van der Waals surface area contributed by atoms with Gasteiger partial charge < -0.3 is 4.57 Å². The van der Waals surface area contributed by atoms with E-state index in [4.69, 9.17) is 15.0 Å². The molecule has 0 saturated carbocycles. The molecule has 3 aliphatic rings. The first kappa shape index (κ1) is 39.5. The minimum absolute atomic E-state index is 0.0446. The second kappa shape index (κ2) is 15.0. The van der Waals surface area contributed by atoms with E-state index in [2.05, 4.69) is 214 Å². The zero-order valence-corrected chi connectivity index (χ0v) is 37.9. The third-order valence-corrected chi connectivity index (χ3v) is 15.1. The van der Waals surface area contributed by atoms with Crippen LogP contribution in [0.5, 0.6) is 0 Å². The highest BCUT2D eigenvalue weighted by Gasteiger charge is 2.42. The number of aromatic nitrogens is 5. The molecular formula is C60H53N5. The molecule has 9 aromatic rings. The minimum atomic E-state index is 0.0446. The summed E-state index contributed by atoms with van der Waals surface area (Å²) in [6.45, 7) is 12.1. The Morgan fingerprint density at radius 3 is 2.14 bits per heavy atom. The Balaban J connectivity index is 1.05. The zero-order valence-electron chi connectivity index (χ0n) is 37.9. The van der Waals surface area contributed by atoms with Gasteiger partial charge >= 0.3 is 0 Å². The first-order valence-electron chi connectivity index (χ1n) is 23.4. The number of rotatable bonds is 6. The number of hydrogen-bond donors (Lipinski definition) is 0. The van der Waals surface area contributed by atoms with Gasteiger partial charge in [0.25, 0.3) is 0 Å². The standard InChI is InChI=1S/C60H53N5/c1-38-37-59(2,3)51-34-44(31-32-50(51)60(38,4)5)43-21-16-22-45(33-43)64-52-25-14-12-23-46(52)48-35-49-47-24-13-15-26-53(47)65(55(49)36-54(48)64)58-62-56(41-19-10-7-11-20-41)61-57(63-58)42-29-27-40(28-30-42)39-17-8-6-9-18-39/h6-13,15-19,21-24,26-36,38,41H,14,20,25,37H2,1-5H3. The fourth-order valence-corrected chi connectivity index (χ4v) is 11.2. The summed E-state index contributed by atoms with van der Waals surface area (Å²) in [5.41, 5.74) is 16.2. The Labute approximate surface area is 381 Å². The van der Waals surface area contributed by atoms with E-state index in [1.807, 2.05) is 0 Å². The number of allylic oxidation sites excluding steroid dienone is 5. The van der Waals surface area contributed by atoms with Crippen molar-refractivity contribution >= 4 is 38.8 Å². The lowest BCUT2D eigenvalue weighted by molar-refractivity contribution is 0.233. The first-order chi connectivity index (χ1) is 31.6. The van der Waals surface area contributed by atoms with Crippen LogP contribution in [0.3, 0.4) is 0 Å². The molecule has 6 aromatic carbocycles. The predicted molar refractivity (Wildman–Crippen MR) is 270 cm³/mol. The van der Waals surface area contributed by atoms with Crippen LogP contribution in [0, 0.1) is 5.92 Å². The monoisotopic (exact) mass is 843 g/mol. The van der Waals surface area contributed by atoms with Crippen LogP contribution in [0.25, 0.3) is 84.1 Å². The fourth-order valence-electron chi connectivity index (χ4n) is 11.2. The Morgan fingerprint density at radius 2 is 1.31 bits per heavy atom. The van der Waals surface area contributed by atoms with E-state index in [0.717, 1.165) is 47.2 Å². The maximum Gasteiger partial charge on any atom is 0.238 e. The second-order valence-corrected chi connectivity index (χ2v) is 19.8. The van der Waals surface area contributed by atoms with E-state index in [0.29, 0.717) is 17.7 Å². The Morgan fingerprint density at radius 1 is 0.569 bits per heavy atom. The molecule has 3 heterocycles. The van der Waals surface area contributed by atoms with Gasteiger partial charge in [-0.2, -0.15) is 9.97 Å². The van der Waals surface area contributed by atoms with Gasteiger partial charge in [0.15, 0.2) is 5.82 Å². The lowest BCUT2D eigenvalue weighted by Gasteiger charge is -2.46. The third kappa shape index (κ3) is 6.46. The summed E-state index contributed by atoms with van der Waals surface area (Å²) in [7, 11) is 0. The van der Waals surface area contributed by atoms with Crippen molar-refractivity contribution in [3.8, 4) is 45.3 Å². The summed E-state index contributed by atoms with van der Waals surface area (Å²) in [6.07, 6.45) is 17.3. The molecule has 5 heteroatoms. The molecule has 12 rings (SSSR count). The van der Waals surface area contributed by atoms with Gasteiger partial charge in [-0.15, -0.1) is 0 Å². The van der Waals surface area contributed by atoms with E-state index in [-0.39, 0.29) is 16.7 Å². The predicted octanol–water partition coefficient (Wildman–Crippen LogP) is 15.1. The average Bonchev–Trinajstić information content (AvgIpc) is 3.85. The molecule has 5 nitrogen and oxygen atoms in total. The molecule has 0 spiro atoms. The Hall–Kier alpha value is -7.11. The fraction of sp³-hybridized carbons (Fsp3) is 0.217. The van der Waals surface area contributed by atoms with Gasteiger partial charge in [-0.1, -0.05) is 174 Å². The van der Waals surface area contributed by atoms with Crippen molar-refractivity contribution in [1.82, 2.24) is 24.1 Å². The van der Waals surface area contributed by atoms with Crippen LogP contribution in [0.4, 0.5) is 0 Å². The maximum atomic E-state index is 5.35. The highest BCUT2D eigenvalue weighted by atomic mass is 15.2. The van der Waals surface area contributed by atoms with Crippen molar-refractivity contribution in [1.29, 1.82) is 0 Å². The SMILES string of the molecule is CC1CC(C)(C)c2cc(-c3cccc(-n4c5c(c6cc7c8ccccc8n(-c8nc(-c9ccc(-c%10ccccc%10)cc9)nc(C9C=CC=CC9)n8)c7cc64)C=CCC5)c3)ccc2C1(C)C. The number of hydrogen-bond acceptors (Lipinski definition) is 3. The molecule has 3 aromatic heterocycles. The molecule has 0 amide bonds. The van der Waals surface area contributed by atoms with E-state index in [1.165, 1.54) is 72.9 Å². The van der Waals surface area contributed by atoms with Crippen LogP contribution in [0.2, 0.25) is 0 Å². The zero-order chi connectivity index (χ0) is 44.0. The summed E-state index contributed by atoms with van der Waals surface area (Å²) in [5, 5.41) is 3.63. The Kier molecular flexibility index (Phi) is 9.10. The minimum Gasteiger partial charge on any atom is -0.313 e. The molecule has 318 valence electrons.